The fourth-order valence-electron chi connectivity index (χ4n) is 4.72. The van der Waals surface area contributed by atoms with E-state index in [1.165, 1.54) is 90.0 Å². The van der Waals surface area contributed by atoms with Gasteiger partial charge in [-0.1, -0.05) is 65.2 Å². The van der Waals surface area contributed by atoms with Crippen LogP contribution < -0.4 is 5.32 Å². The van der Waals surface area contributed by atoms with E-state index < -0.39 is 0 Å². The molecule has 2 aliphatic rings. The van der Waals surface area contributed by atoms with Gasteiger partial charge in [-0.25, -0.2) is 0 Å². The second-order valence-electron chi connectivity index (χ2n) is 7.83. The third-order valence-electron chi connectivity index (χ3n) is 6.30. The van der Waals surface area contributed by atoms with Crippen molar-refractivity contribution in [3.05, 3.63) is 0 Å². The van der Waals surface area contributed by atoms with Crippen LogP contribution in [0.15, 0.2) is 0 Å². The van der Waals surface area contributed by atoms with Gasteiger partial charge in [0.2, 0.25) is 0 Å². The van der Waals surface area contributed by atoms with Gasteiger partial charge in [0.25, 0.3) is 0 Å². The van der Waals surface area contributed by atoms with Crippen molar-refractivity contribution in [2.24, 2.45) is 17.8 Å². The van der Waals surface area contributed by atoms with Crippen molar-refractivity contribution < 1.29 is 0 Å². The molecule has 0 aromatic rings. The molecule has 0 aromatic carbocycles. The van der Waals surface area contributed by atoms with Crippen molar-refractivity contribution in [3.63, 3.8) is 0 Å². The standard InChI is InChI=1S/C20H39N/c1-3-16-21-20(15-12-18-8-6-5-7-9-18)19-13-10-17(4-2)11-14-19/h17-21H,3-16H2,1-2H3. The second-order valence-corrected chi connectivity index (χ2v) is 7.83. The maximum absolute atomic E-state index is 3.91. The molecule has 0 radical (unpaired) electrons. The molecule has 0 bridgehead atoms. The first kappa shape index (κ1) is 17.3. The molecule has 1 unspecified atom stereocenters. The molecule has 2 rings (SSSR count). The third-order valence-corrected chi connectivity index (χ3v) is 6.30. The summed E-state index contributed by atoms with van der Waals surface area (Å²) >= 11 is 0. The van der Waals surface area contributed by atoms with Crippen LogP contribution in [0.2, 0.25) is 0 Å². The summed E-state index contributed by atoms with van der Waals surface area (Å²) < 4.78 is 0. The van der Waals surface area contributed by atoms with Crippen molar-refractivity contribution >= 4 is 0 Å². The lowest BCUT2D eigenvalue weighted by Crippen LogP contribution is -2.39. The van der Waals surface area contributed by atoms with Crippen LogP contribution in [0, 0.1) is 17.8 Å². The SMILES string of the molecule is CCCNC(CCC1CCCCC1)C1CCC(CC)CC1. The zero-order valence-electron chi connectivity index (χ0n) is 14.7. The van der Waals surface area contributed by atoms with Crippen molar-refractivity contribution in [2.45, 2.75) is 103 Å². The number of rotatable bonds is 8. The maximum atomic E-state index is 3.91. The van der Waals surface area contributed by atoms with E-state index in [0.717, 1.165) is 23.8 Å². The summed E-state index contributed by atoms with van der Waals surface area (Å²) in [5.41, 5.74) is 0. The van der Waals surface area contributed by atoms with Crippen LogP contribution in [0.1, 0.15) is 97.3 Å². The Kier molecular flexibility index (Phi) is 8.14. The molecule has 2 saturated carbocycles. The van der Waals surface area contributed by atoms with Gasteiger partial charge < -0.3 is 5.32 Å². The summed E-state index contributed by atoms with van der Waals surface area (Å²) in [6.45, 7) is 5.91. The van der Waals surface area contributed by atoms with Crippen molar-refractivity contribution in [1.82, 2.24) is 5.32 Å². The fourth-order valence-corrected chi connectivity index (χ4v) is 4.72. The molecule has 0 aromatic heterocycles. The van der Waals surface area contributed by atoms with Gasteiger partial charge >= 0.3 is 0 Å². The lowest BCUT2D eigenvalue weighted by atomic mass is 9.75. The first-order chi connectivity index (χ1) is 10.3. The topological polar surface area (TPSA) is 12.0 Å². The smallest absolute Gasteiger partial charge is 0.00954 e. The molecular formula is C20H39N. The Bertz CT molecular complexity index is 249. The number of hydrogen-bond acceptors (Lipinski definition) is 1. The lowest BCUT2D eigenvalue weighted by molar-refractivity contribution is 0.199. The van der Waals surface area contributed by atoms with Crippen molar-refractivity contribution in [1.29, 1.82) is 0 Å². The maximum Gasteiger partial charge on any atom is 0.00954 e. The van der Waals surface area contributed by atoms with Gasteiger partial charge in [0.1, 0.15) is 0 Å². The van der Waals surface area contributed by atoms with Crippen molar-refractivity contribution in [2.75, 3.05) is 6.54 Å². The fraction of sp³-hybridized carbons (Fsp3) is 1.00. The highest BCUT2D eigenvalue weighted by molar-refractivity contribution is 4.83. The van der Waals surface area contributed by atoms with Gasteiger partial charge in [0.15, 0.2) is 0 Å². The van der Waals surface area contributed by atoms with Crippen molar-refractivity contribution in [3.8, 4) is 0 Å². The molecule has 1 atom stereocenters. The summed E-state index contributed by atoms with van der Waals surface area (Å²) in [4.78, 5) is 0. The summed E-state index contributed by atoms with van der Waals surface area (Å²) in [6, 6.07) is 0.824. The van der Waals surface area contributed by atoms with Gasteiger partial charge in [-0.15, -0.1) is 0 Å². The van der Waals surface area contributed by atoms with E-state index in [1.807, 2.05) is 0 Å². The predicted molar refractivity (Wildman–Crippen MR) is 93.6 cm³/mol. The molecule has 124 valence electrons. The highest BCUT2D eigenvalue weighted by atomic mass is 14.9. The molecule has 0 aliphatic heterocycles. The summed E-state index contributed by atoms with van der Waals surface area (Å²) in [6.07, 6.45) is 19.1. The third kappa shape index (κ3) is 5.93. The Morgan fingerprint density at radius 1 is 0.857 bits per heavy atom. The Hall–Kier alpha value is -0.0400. The molecule has 0 saturated heterocycles. The number of nitrogens with one attached hydrogen (secondary N) is 1. The minimum atomic E-state index is 0.824. The molecular weight excluding hydrogens is 254 g/mol. The van der Waals surface area contributed by atoms with E-state index in [4.69, 9.17) is 0 Å². The summed E-state index contributed by atoms with van der Waals surface area (Å²) in [5.74, 6) is 3.06. The van der Waals surface area contributed by atoms with Crippen LogP contribution in [0.5, 0.6) is 0 Å². The zero-order valence-corrected chi connectivity index (χ0v) is 14.7. The Balaban J connectivity index is 1.76. The van der Waals surface area contributed by atoms with E-state index in [2.05, 4.69) is 19.2 Å². The molecule has 0 spiro atoms. The van der Waals surface area contributed by atoms with Crippen LogP contribution in [0.25, 0.3) is 0 Å². The average Bonchev–Trinajstić information content (AvgIpc) is 2.56. The van der Waals surface area contributed by atoms with Crippen LogP contribution >= 0.6 is 0 Å². The van der Waals surface area contributed by atoms with E-state index in [0.29, 0.717) is 0 Å². The van der Waals surface area contributed by atoms with E-state index in [9.17, 15) is 0 Å². The normalized spacial score (nSPS) is 29.4. The van der Waals surface area contributed by atoms with Crippen LogP contribution in [-0.2, 0) is 0 Å². The summed E-state index contributed by atoms with van der Waals surface area (Å²) in [7, 11) is 0. The molecule has 2 fully saturated rings. The van der Waals surface area contributed by atoms with Gasteiger partial charge in [0.05, 0.1) is 0 Å². The predicted octanol–water partition coefficient (Wildman–Crippen LogP) is 5.93. The molecule has 2 aliphatic carbocycles. The Labute approximate surface area is 133 Å². The van der Waals surface area contributed by atoms with E-state index in [-0.39, 0.29) is 0 Å². The minimum Gasteiger partial charge on any atom is -0.314 e. The van der Waals surface area contributed by atoms with Crippen LogP contribution in [0.4, 0.5) is 0 Å². The molecule has 1 nitrogen and oxygen atoms in total. The van der Waals surface area contributed by atoms with Gasteiger partial charge in [-0.05, 0) is 56.4 Å². The van der Waals surface area contributed by atoms with Gasteiger partial charge in [-0.2, -0.15) is 0 Å². The van der Waals surface area contributed by atoms with Crippen LogP contribution in [0.3, 0.4) is 0 Å². The average molecular weight is 294 g/mol. The van der Waals surface area contributed by atoms with Gasteiger partial charge in [0, 0.05) is 6.04 Å². The first-order valence-electron chi connectivity index (χ1n) is 10.1. The van der Waals surface area contributed by atoms with Crippen LogP contribution in [-0.4, -0.2) is 12.6 Å². The highest BCUT2D eigenvalue weighted by Crippen LogP contribution is 2.35. The highest BCUT2D eigenvalue weighted by Gasteiger charge is 2.27. The Morgan fingerprint density at radius 3 is 2.19 bits per heavy atom. The second kappa shape index (κ2) is 9.87. The first-order valence-corrected chi connectivity index (χ1v) is 10.1. The molecule has 21 heavy (non-hydrogen) atoms. The lowest BCUT2D eigenvalue weighted by Gasteiger charge is -2.35. The Morgan fingerprint density at radius 2 is 1.57 bits per heavy atom. The summed E-state index contributed by atoms with van der Waals surface area (Å²) in [5, 5.41) is 3.91. The largest absolute Gasteiger partial charge is 0.314 e. The molecule has 1 N–H and O–H groups in total. The molecule has 0 amide bonds. The monoisotopic (exact) mass is 293 g/mol. The molecule has 1 heteroatoms. The quantitative estimate of drug-likeness (QED) is 0.584. The van der Waals surface area contributed by atoms with E-state index in [1.54, 1.807) is 0 Å². The number of hydrogen-bond donors (Lipinski definition) is 1. The van der Waals surface area contributed by atoms with Gasteiger partial charge in [-0.3, -0.25) is 0 Å². The zero-order chi connectivity index (χ0) is 14.9. The molecule has 0 heterocycles. The van der Waals surface area contributed by atoms with E-state index >= 15 is 0 Å². The minimum absolute atomic E-state index is 0.824.